The van der Waals surface area contributed by atoms with Crippen molar-refractivity contribution in [2.75, 3.05) is 12.3 Å². The minimum atomic E-state index is -0.321. The van der Waals surface area contributed by atoms with Gasteiger partial charge < -0.3 is 16.2 Å². The smallest absolute Gasteiger partial charge is 0.253 e. The van der Waals surface area contributed by atoms with E-state index in [1.165, 1.54) is 6.07 Å². The normalized spacial score (nSPS) is 12.2. The van der Waals surface area contributed by atoms with Gasteiger partial charge in [0.25, 0.3) is 5.91 Å². The largest absolute Gasteiger partial charge is 0.399 e. The van der Waals surface area contributed by atoms with E-state index in [1.807, 2.05) is 6.92 Å². The molecule has 5 heteroatoms. The lowest BCUT2D eigenvalue weighted by molar-refractivity contribution is 0.0915. The number of nitrogens with two attached hydrogens (primary N) is 1. The van der Waals surface area contributed by atoms with Crippen LogP contribution in [0.25, 0.3) is 0 Å². The molecular weight excluding hydrogens is 228 g/mol. The van der Waals surface area contributed by atoms with Crippen LogP contribution in [-0.4, -0.2) is 23.7 Å². The Morgan fingerprint density at radius 2 is 2.31 bits per heavy atom. The third-order valence-corrected chi connectivity index (χ3v) is 2.61. The highest BCUT2D eigenvalue weighted by Crippen LogP contribution is 2.18. The Hall–Kier alpha value is -1.26. The minimum Gasteiger partial charge on any atom is -0.399 e. The molecule has 1 rings (SSSR count). The minimum absolute atomic E-state index is 0.0951. The molecule has 0 radical (unpaired) electrons. The number of carbonyl (C=O) groups is 1. The van der Waals surface area contributed by atoms with Gasteiger partial charge in [0, 0.05) is 5.69 Å². The molecule has 88 valence electrons. The molecule has 0 heterocycles. The van der Waals surface area contributed by atoms with Gasteiger partial charge in [-0.1, -0.05) is 18.5 Å². The summed E-state index contributed by atoms with van der Waals surface area (Å²) in [7, 11) is 0. The summed E-state index contributed by atoms with van der Waals surface area (Å²) in [5.41, 5.74) is 6.38. The van der Waals surface area contributed by atoms with E-state index in [1.54, 1.807) is 12.1 Å². The lowest BCUT2D eigenvalue weighted by Crippen LogP contribution is -2.37. The van der Waals surface area contributed by atoms with Crippen molar-refractivity contribution in [1.82, 2.24) is 5.32 Å². The molecule has 1 aromatic carbocycles. The van der Waals surface area contributed by atoms with Gasteiger partial charge in [-0.25, -0.2) is 0 Å². The highest BCUT2D eigenvalue weighted by Gasteiger charge is 2.14. The van der Waals surface area contributed by atoms with E-state index in [4.69, 9.17) is 22.4 Å². The molecule has 0 aliphatic rings. The fourth-order valence-corrected chi connectivity index (χ4v) is 1.46. The second-order valence-electron chi connectivity index (χ2n) is 3.50. The number of amides is 1. The van der Waals surface area contributed by atoms with Crippen LogP contribution < -0.4 is 11.1 Å². The topological polar surface area (TPSA) is 75.3 Å². The number of hydrogen-bond donors (Lipinski definition) is 3. The first-order valence-corrected chi connectivity index (χ1v) is 5.43. The van der Waals surface area contributed by atoms with Crippen LogP contribution in [0, 0.1) is 0 Å². The third kappa shape index (κ3) is 3.12. The van der Waals surface area contributed by atoms with Gasteiger partial charge in [-0.05, 0) is 24.6 Å². The first-order valence-electron chi connectivity index (χ1n) is 5.05. The first-order chi connectivity index (χ1) is 7.58. The second-order valence-corrected chi connectivity index (χ2v) is 3.91. The van der Waals surface area contributed by atoms with E-state index in [-0.39, 0.29) is 18.6 Å². The summed E-state index contributed by atoms with van der Waals surface area (Å²) in [5.74, 6) is -0.321. The van der Waals surface area contributed by atoms with Gasteiger partial charge in [-0.2, -0.15) is 0 Å². The van der Waals surface area contributed by atoms with E-state index < -0.39 is 0 Å². The van der Waals surface area contributed by atoms with Crippen molar-refractivity contribution in [3.05, 3.63) is 28.8 Å². The Morgan fingerprint density at radius 1 is 1.62 bits per heavy atom. The molecule has 0 aliphatic heterocycles. The summed E-state index contributed by atoms with van der Waals surface area (Å²) in [6.45, 7) is 1.78. The standard InChI is InChI=1S/C11H15ClN2O2/c1-2-8(6-15)14-11(16)9-5-7(13)3-4-10(9)12/h3-5,8,15H,2,6,13H2,1H3,(H,14,16). The summed E-state index contributed by atoms with van der Waals surface area (Å²) in [6, 6.07) is 4.46. The van der Waals surface area contributed by atoms with Gasteiger partial charge in [0.1, 0.15) is 0 Å². The summed E-state index contributed by atoms with van der Waals surface area (Å²) in [6.07, 6.45) is 0.655. The molecule has 0 saturated heterocycles. The fraction of sp³-hybridized carbons (Fsp3) is 0.364. The number of nitrogens with one attached hydrogen (secondary N) is 1. The molecule has 4 nitrogen and oxygen atoms in total. The molecule has 1 aromatic rings. The average Bonchev–Trinajstić information content (AvgIpc) is 2.28. The van der Waals surface area contributed by atoms with Crippen LogP contribution in [0.15, 0.2) is 18.2 Å². The first kappa shape index (κ1) is 12.8. The predicted octanol–water partition coefficient (Wildman–Crippen LogP) is 1.42. The Kier molecular flexibility index (Phi) is 4.58. The molecule has 0 saturated carbocycles. The lowest BCUT2D eigenvalue weighted by atomic mass is 10.1. The van der Waals surface area contributed by atoms with Crippen molar-refractivity contribution in [2.24, 2.45) is 0 Å². The number of halogens is 1. The summed E-state index contributed by atoms with van der Waals surface area (Å²) in [4.78, 5) is 11.8. The monoisotopic (exact) mass is 242 g/mol. The zero-order valence-electron chi connectivity index (χ0n) is 9.03. The van der Waals surface area contributed by atoms with Gasteiger partial charge in [0.05, 0.1) is 23.2 Å². The highest BCUT2D eigenvalue weighted by molar-refractivity contribution is 6.34. The van der Waals surface area contributed by atoms with Gasteiger partial charge in [-0.3, -0.25) is 4.79 Å². The van der Waals surface area contributed by atoms with Crippen LogP contribution in [0.3, 0.4) is 0 Å². The van der Waals surface area contributed by atoms with Crippen molar-refractivity contribution < 1.29 is 9.90 Å². The van der Waals surface area contributed by atoms with Crippen molar-refractivity contribution >= 4 is 23.2 Å². The number of rotatable bonds is 4. The van der Waals surface area contributed by atoms with Crippen LogP contribution in [0.1, 0.15) is 23.7 Å². The van der Waals surface area contributed by atoms with Gasteiger partial charge in [0.15, 0.2) is 0 Å². The molecule has 0 fully saturated rings. The molecule has 4 N–H and O–H groups in total. The molecule has 16 heavy (non-hydrogen) atoms. The number of benzene rings is 1. The van der Waals surface area contributed by atoms with Gasteiger partial charge in [-0.15, -0.1) is 0 Å². The number of aliphatic hydroxyl groups excluding tert-OH is 1. The molecule has 0 aliphatic carbocycles. The molecular formula is C11H15ClN2O2. The van der Waals surface area contributed by atoms with Crippen LogP contribution in [-0.2, 0) is 0 Å². The number of hydrogen-bond acceptors (Lipinski definition) is 3. The van der Waals surface area contributed by atoms with Crippen molar-refractivity contribution in [3.8, 4) is 0 Å². The second kappa shape index (κ2) is 5.72. The molecule has 1 unspecified atom stereocenters. The maximum atomic E-state index is 11.8. The Morgan fingerprint density at radius 3 is 2.88 bits per heavy atom. The number of nitrogen functional groups attached to an aromatic ring is 1. The van der Waals surface area contributed by atoms with Crippen LogP contribution in [0.2, 0.25) is 5.02 Å². The van der Waals surface area contributed by atoms with Crippen LogP contribution in [0.5, 0.6) is 0 Å². The van der Waals surface area contributed by atoms with Crippen molar-refractivity contribution in [2.45, 2.75) is 19.4 Å². The van der Waals surface area contributed by atoms with Crippen LogP contribution in [0.4, 0.5) is 5.69 Å². The number of aliphatic hydroxyl groups is 1. The fourth-order valence-electron chi connectivity index (χ4n) is 1.26. The van der Waals surface area contributed by atoms with E-state index in [9.17, 15) is 4.79 Å². The maximum absolute atomic E-state index is 11.8. The van der Waals surface area contributed by atoms with Gasteiger partial charge in [0.2, 0.25) is 0 Å². The average molecular weight is 243 g/mol. The molecule has 0 spiro atoms. The summed E-state index contributed by atoms with van der Waals surface area (Å²) >= 11 is 5.88. The van der Waals surface area contributed by atoms with Gasteiger partial charge >= 0.3 is 0 Å². The Bertz CT molecular complexity index is 378. The number of carbonyl (C=O) groups excluding carboxylic acids is 1. The quantitative estimate of drug-likeness (QED) is 0.699. The van der Waals surface area contributed by atoms with E-state index in [0.29, 0.717) is 22.7 Å². The van der Waals surface area contributed by atoms with E-state index >= 15 is 0 Å². The Balaban J connectivity index is 2.83. The highest BCUT2D eigenvalue weighted by atomic mass is 35.5. The molecule has 0 aromatic heterocycles. The molecule has 0 bridgehead atoms. The molecule has 1 amide bonds. The lowest BCUT2D eigenvalue weighted by Gasteiger charge is -2.14. The predicted molar refractivity (Wildman–Crippen MR) is 64.5 cm³/mol. The van der Waals surface area contributed by atoms with Crippen molar-refractivity contribution in [1.29, 1.82) is 0 Å². The maximum Gasteiger partial charge on any atom is 0.253 e. The summed E-state index contributed by atoms with van der Waals surface area (Å²) < 4.78 is 0. The van der Waals surface area contributed by atoms with E-state index in [2.05, 4.69) is 5.32 Å². The van der Waals surface area contributed by atoms with Crippen molar-refractivity contribution in [3.63, 3.8) is 0 Å². The van der Waals surface area contributed by atoms with Crippen LogP contribution >= 0.6 is 11.6 Å². The SMILES string of the molecule is CCC(CO)NC(=O)c1cc(N)ccc1Cl. The van der Waals surface area contributed by atoms with E-state index in [0.717, 1.165) is 0 Å². The Labute approximate surface area is 99.4 Å². The molecule has 1 atom stereocenters. The third-order valence-electron chi connectivity index (χ3n) is 2.28. The summed E-state index contributed by atoms with van der Waals surface area (Å²) in [5, 5.41) is 12.0. The number of anilines is 1. The zero-order valence-corrected chi connectivity index (χ0v) is 9.79. The zero-order chi connectivity index (χ0) is 12.1.